The van der Waals surface area contributed by atoms with E-state index in [9.17, 15) is 0 Å². The van der Waals surface area contributed by atoms with E-state index >= 15 is 0 Å². The molecular formula is C15H25N3S. The first kappa shape index (κ1) is 14.7. The molecule has 2 heterocycles. The molecule has 4 heteroatoms. The molecule has 1 aromatic heterocycles. The predicted molar refractivity (Wildman–Crippen MR) is 84.9 cm³/mol. The quantitative estimate of drug-likeness (QED) is 0.897. The van der Waals surface area contributed by atoms with Crippen molar-refractivity contribution >= 4 is 17.6 Å². The van der Waals surface area contributed by atoms with E-state index < -0.39 is 0 Å². The van der Waals surface area contributed by atoms with Gasteiger partial charge in [0, 0.05) is 30.6 Å². The first-order valence-electron chi connectivity index (χ1n) is 7.18. The van der Waals surface area contributed by atoms with Gasteiger partial charge in [0.2, 0.25) is 0 Å². The predicted octanol–water partition coefficient (Wildman–Crippen LogP) is 2.77. The summed E-state index contributed by atoms with van der Waals surface area (Å²) in [6, 6.07) is 6.96. The third kappa shape index (κ3) is 4.39. The van der Waals surface area contributed by atoms with Crippen LogP contribution in [0.2, 0.25) is 0 Å². The van der Waals surface area contributed by atoms with Gasteiger partial charge < -0.3 is 10.2 Å². The minimum absolute atomic E-state index is 0.588. The first-order chi connectivity index (χ1) is 9.16. The second-order valence-electron chi connectivity index (χ2n) is 5.63. The van der Waals surface area contributed by atoms with Crippen LogP contribution in [-0.4, -0.2) is 35.6 Å². The van der Waals surface area contributed by atoms with Gasteiger partial charge in [-0.15, -0.1) is 0 Å². The average Bonchev–Trinajstić information content (AvgIpc) is 2.39. The highest BCUT2D eigenvalue weighted by Crippen LogP contribution is 2.22. The van der Waals surface area contributed by atoms with Crippen molar-refractivity contribution in [1.82, 2.24) is 10.3 Å². The Bertz CT molecular complexity index is 395. The fourth-order valence-corrected chi connectivity index (χ4v) is 3.30. The molecule has 1 saturated heterocycles. The average molecular weight is 279 g/mol. The first-order valence-corrected chi connectivity index (χ1v) is 8.33. The molecular weight excluding hydrogens is 254 g/mol. The van der Waals surface area contributed by atoms with Gasteiger partial charge in [-0.3, -0.25) is 0 Å². The highest BCUT2D eigenvalue weighted by atomic mass is 32.2. The van der Waals surface area contributed by atoms with Crippen molar-refractivity contribution in [2.24, 2.45) is 5.92 Å². The summed E-state index contributed by atoms with van der Waals surface area (Å²) in [7, 11) is 0. The summed E-state index contributed by atoms with van der Waals surface area (Å²) in [4.78, 5) is 7.23. The molecule has 19 heavy (non-hydrogen) atoms. The van der Waals surface area contributed by atoms with Crippen LogP contribution >= 0.6 is 11.8 Å². The topological polar surface area (TPSA) is 28.2 Å². The maximum atomic E-state index is 4.80. The second-order valence-corrected chi connectivity index (χ2v) is 6.78. The minimum Gasteiger partial charge on any atom is -0.352 e. The van der Waals surface area contributed by atoms with Crippen molar-refractivity contribution in [3.05, 3.63) is 23.9 Å². The molecule has 0 radical (unpaired) electrons. The van der Waals surface area contributed by atoms with Crippen LogP contribution < -0.4 is 10.2 Å². The van der Waals surface area contributed by atoms with Crippen molar-refractivity contribution in [3.8, 4) is 0 Å². The molecule has 3 nitrogen and oxygen atoms in total. The van der Waals surface area contributed by atoms with Crippen molar-refractivity contribution in [2.75, 3.05) is 29.5 Å². The Labute approximate surface area is 121 Å². The molecule has 0 saturated carbocycles. The third-order valence-electron chi connectivity index (χ3n) is 3.31. The zero-order chi connectivity index (χ0) is 13.7. The molecule has 1 atom stereocenters. The Kier molecular flexibility index (Phi) is 5.52. The molecule has 1 aliphatic heterocycles. The van der Waals surface area contributed by atoms with Gasteiger partial charge in [0.1, 0.15) is 5.82 Å². The van der Waals surface area contributed by atoms with Crippen molar-refractivity contribution in [3.63, 3.8) is 0 Å². The molecule has 0 aromatic carbocycles. The molecule has 2 rings (SSSR count). The SMILES string of the molecule is CC(C)CNCc1cccc(N2CCSCC2C)n1. The second kappa shape index (κ2) is 7.15. The summed E-state index contributed by atoms with van der Waals surface area (Å²) >= 11 is 2.04. The molecule has 0 amide bonds. The van der Waals surface area contributed by atoms with Crippen molar-refractivity contribution in [2.45, 2.75) is 33.4 Å². The maximum Gasteiger partial charge on any atom is 0.129 e. The number of hydrogen-bond acceptors (Lipinski definition) is 4. The van der Waals surface area contributed by atoms with Crippen LogP contribution in [0, 0.1) is 5.92 Å². The smallest absolute Gasteiger partial charge is 0.129 e. The van der Waals surface area contributed by atoms with Gasteiger partial charge in [0.25, 0.3) is 0 Å². The van der Waals surface area contributed by atoms with Gasteiger partial charge >= 0.3 is 0 Å². The van der Waals surface area contributed by atoms with Gasteiger partial charge in [-0.1, -0.05) is 19.9 Å². The highest BCUT2D eigenvalue weighted by Gasteiger charge is 2.19. The monoisotopic (exact) mass is 279 g/mol. The van der Waals surface area contributed by atoms with Gasteiger partial charge in [-0.05, 0) is 31.5 Å². The molecule has 106 valence electrons. The number of nitrogens with zero attached hydrogens (tertiary/aromatic N) is 2. The van der Waals surface area contributed by atoms with E-state index in [-0.39, 0.29) is 0 Å². The van der Waals surface area contributed by atoms with E-state index in [0.29, 0.717) is 12.0 Å². The lowest BCUT2D eigenvalue weighted by atomic mass is 10.2. The standard InChI is InChI=1S/C15H25N3S/c1-12(2)9-16-10-14-5-4-6-15(17-14)18-7-8-19-11-13(18)3/h4-6,12-13,16H,7-11H2,1-3H3. The third-order valence-corrected chi connectivity index (χ3v) is 4.50. The molecule has 1 aromatic rings. The largest absolute Gasteiger partial charge is 0.352 e. The summed E-state index contributed by atoms with van der Waals surface area (Å²) in [5.41, 5.74) is 1.14. The van der Waals surface area contributed by atoms with E-state index in [1.54, 1.807) is 0 Å². The van der Waals surface area contributed by atoms with Crippen molar-refractivity contribution in [1.29, 1.82) is 0 Å². The fraction of sp³-hybridized carbons (Fsp3) is 0.667. The summed E-state index contributed by atoms with van der Waals surface area (Å²) in [6.07, 6.45) is 0. The van der Waals surface area contributed by atoms with Crippen LogP contribution in [0.1, 0.15) is 26.5 Å². The lowest BCUT2D eigenvalue weighted by Gasteiger charge is -2.34. The number of anilines is 1. The number of aromatic nitrogens is 1. The van der Waals surface area contributed by atoms with E-state index in [1.807, 2.05) is 11.8 Å². The van der Waals surface area contributed by atoms with E-state index in [2.05, 4.69) is 49.2 Å². The lowest BCUT2D eigenvalue weighted by molar-refractivity contribution is 0.547. The van der Waals surface area contributed by atoms with Gasteiger partial charge in [-0.2, -0.15) is 11.8 Å². The Morgan fingerprint density at radius 1 is 1.47 bits per heavy atom. The fourth-order valence-electron chi connectivity index (χ4n) is 2.28. The van der Waals surface area contributed by atoms with Crippen LogP contribution in [-0.2, 0) is 6.54 Å². The normalized spacial score (nSPS) is 20.0. The van der Waals surface area contributed by atoms with E-state index in [4.69, 9.17) is 4.98 Å². The Balaban J connectivity index is 1.98. The van der Waals surface area contributed by atoms with Gasteiger partial charge in [-0.25, -0.2) is 4.98 Å². The lowest BCUT2D eigenvalue weighted by Crippen LogP contribution is -2.41. The highest BCUT2D eigenvalue weighted by molar-refractivity contribution is 7.99. The zero-order valence-electron chi connectivity index (χ0n) is 12.2. The molecule has 0 spiro atoms. The molecule has 1 fully saturated rings. The van der Waals surface area contributed by atoms with Crippen LogP contribution in [0.15, 0.2) is 18.2 Å². The Hall–Kier alpha value is -0.740. The van der Waals surface area contributed by atoms with Crippen LogP contribution in [0.3, 0.4) is 0 Å². The molecule has 0 aliphatic carbocycles. The summed E-state index contributed by atoms with van der Waals surface area (Å²) < 4.78 is 0. The maximum absolute atomic E-state index is 4.80. The summed E-state index contributed by atoms with van der Waals surface area (Å²) in [5.74, 6) is 4.23. The minimum atomic E-state index is 0.588. The van der Waals surface area contributed by atoms with Crippen LogP contribution in [0.25, 0.3) is 0 Å². The number of pyridine rings is 1. The van der Waals surface area contributed by atoms with Crippen LogP contribution in [0.5, 0.6) is 0 Å². The summed E-state index contributed by atoms with van der Waals surface area (Å²) in [5, 5.41) is 3.46. The number of hydrogen-bond donors (Lipinski definition) is 1. The van der Waals surface area contributed by atoms with Crippen molar-refractivity contribution < 1.29 is 0 Å². The molecule has 0 bridgehead atoms. The molecule has 1 aliphatic rings. The number of thioether (sulfide) groups is 1. The summed E-state index contributed by atoms with van der Waals surface area (Å²) in [6.45, 7) is 9.76. The van der Waals surface area contributed by atoms with Gasteiger partial charge in [0.15, 0.2) is 0 Å². The number of rotatable bonds is 5. The molecule has 1 unspecified atom stereocenters. The zero-order valence-corrected chi connectivity index (χ0v) is 13.0. The van der Waals surface area contributed by atoms with Crippen LogP contribution in [0.4, 0.5) is 5.82 Å². The van der Waals surface area contributed by atoms with E-state index in [0.717, 1.165) is 31.1 Å². The molecule has 1 N–H and O–H groups in total. The number of nitrogens with one attached hydrogen (secondary N) is 1. The Morgan fingerprint density at radius 2 is 2.32 bits per heavy atom. The van der Waals surface area contributed by atoms with Gasteiger partial charge in [0.05, 0.1) is 5.69 Å². The Morgan fingerprint density at radius 3 is 3.05 bits per heavy atom. The van der Waals surface area contributed by atoms with E-state index in [1.165, 1.54) is 11.5 Å².